The summed E-state index contributed by atoms with van der Waals surface area (Å²) in [6, 6.07) is 10.8. The van der Waals surface area contributed by atoms with Gasteiger partial charge in [0.2, 0.25) is 5.91 Å². The smallest absolute Gasteiger partial charge is 0.251 e. The number of nitrogens with zero attached hydrogens (tertiary/aromatic N) is 3. The van der Waals surface area contributed by atoms with E-state index >= 15 is 0 Å². The largest absolute Gasteiger partial charge is 0.367 e. The van der Waals surface area contributed by atoms with Crippen LogP contribution in [0, 0.1) is 5.82 Å². The zero-order valence-electron chi connectivity index (χ0n) is 14.9. The number of anilines is 2. The molecule has 0 aliphatic carbocycles. The average molecular weight is 422 g/mol. The fraction of sp³-hybridized carbons (Fsp3) is 0.300. The zero-order chi connectivity index (χ0) is 19.8. The van der Waals surface area contributed by atoms with Gasteiger partial charge in [0.15, 0.2) is 0 Å². The molecule has 2 aromatic carbocycles. The molecule has 2 aliphatic rings. The van der Waals surface area contributed by atoms with Gasteiger partial charge in [-0.25, -0.2) is 9.29 Å². The lowest BCUT2D eigenvalue weighted by atomic mass is 10.1. The van der Waals surface area contributed by atoms with Gasteiger partial charge < -0.3 is 4.90 Å². The highest BCUT2D eigenvalue weighted by atomic mass is 35.5. The van der Waals surface area contributed by atoms with Gasteiger partial charge in [0.05, 0.1) is 28.9 Å². The molecule has 0 spiro atoms. The van der Waals surface area contributed by atoms with Crippen molar-refractivity contribution in [3.05, 3.63) is 58.3 Å². The first-order chi connectivity index (χ1) is 13.5. The Hall–Kier alpha value is -2.15. The Morgan fingerprint density at radius 3 is 2.32 bits per heavy atom. The molecule has 8 heteroatoms. The molecule has 2 aromatic rings. The van der Waals surface area contributed by atoms with Gasteiger partial charge >= 0.3 is 0 Å². The first-order valence-corrected chi connectivity index (χ1v) is 9.76. The number of benzene rings is 2. The zero-order valence-corrected chi connectivity index (χ0v) is 16.5. The first kappa shape index (κ1) is 19.2. The molecular weight excluding hydrogens is 404 g/mol. The van der Waals surface area contributed by atoms with Crippen LogP contribution in [0.15, 0.2) is 42.5 Å². The summed E-state index contributed by atoms with van der Waals surface area (Å²) in [6.45, 7) is 2.31. The first-order valence-electron chi connectivity index (χ1n) is 9.01. The second-order valence-electron chi connectivity index (χ2n) is 6.86. The SMILES string of the molecule is O=C1C[C@@H](N2CCN(c3ccccc3F)CC2)C(=O)N1c1ccc(Cl)cc1Cl. The highest BCUT2D eigenvalue weighted by molar-refractivity contribution is 6.38. The second kappa shape index (κ2) is 7.70. The molecule has 4 rings (SSSR count). The molecule has 0 N–H and O–H groups in total. The van der Waals surface area contributed by atoms with E-state index in [1.165, 1.54) is 12.1 Å². The summed E-state index contributed by atoms with van der Waals surface area (Å²) in [5, 5.41) is 0.702. The summed E-state index contributed by atoms with van der Waals surface area (Å²) >= 11 is 12.1. The van der Waals surface area contributed by atoms with Crippen molar-refractivity contribution < 1.29 is 14.0 Å². The quantitative estimate of drug-likeness (QED) is 0.710. The summed E-state index contributed by atoms with van der Waals surface area (Å²) < 4.78 is 14.0. The van der Waals surface area contributed by atoms with Gasteiger partial charge in [0, 0.05) is 31.2 Å². The van der Waals surface area contributed by atoms with E-state index in [9.17, 15) is 14.0 Å². The molecule has 0 saturated carbocycles. The summed E-state index contributed by atoms with van der Waals surface area (Å²) in [5.41, 5.74) is 0.916. The standard InChI is InChI=1S/C20H18Cl2FN3O2/c21-13-5-6-16(14(22)11-13)26-19(27)12-18(20(26)28)25-9-7-24(8-10-25)17-4-2-1-3-15(17)23/h1-6,11,18H,7-10,12H2/t18-/m1/s1. The van der Waals surface area contributed by atoms with Crippen molar-refractivity contribution in [2.24, 2.45) is 0 Å². The van der Waals surface area contributed by atoms with Crippen LogP contribution in [-0.2, 0) is 9.59 Å². The Bertz CT molecular complexity index is 931. The lowest BCUT2D eigenvalue weighted by Crippen LogP contribution is -2.52. The molecule has 2 aliphatic heterocycles. The molecule has 28 heavy (non-hydrogen) atoms. The molecule has 2 heterocycles. The van der Waals surface area contributed by atoms with E-state index in [1.807, 2.05) is 9.80 Å². The van der Waals surface area contributed by atoms with Crippen molar-refractivity contribution in [1.82, 2.24) is 4.90 Å². The Labute approximate surface area is 172 Å². The monoisotopic (exact) mass is 421 g/mol. The van der Waals surface area contributed by atoms with E-state index in [4.69, 9.17) is 23.2 Å². The van der Waals surface area contributed by atoms with Gasteiger partial charge in [-0.2, -0.15) is 0 Å². The number of hydrogen-bond acceptors (Lipinski definition) is 4. The van der Waals surface area contributed by atoms with Crippen LogP contribution in [0.25, 0.3) is 0 Å². The summed E-state index contributed by atoms with van der Waals surface area (Å²) in [5.74, 6) is -0.823. The van der Waals surface area contributed by atoms with Crippen molar-refractivity contribution >= 4 is 46.4 Å². The molecule has 2 amide bonds. The Morgan fingerprint density at radius 1 is 0.929 bits per heavy atom. The molecule has 5 nitrogen and oxygen atoms in total. The predicted octanol–water partition coefficient (Wildman–Crippen LogP) is 3.59. The lowest BCUT2D eigenvalue weighted by Gasteiger charge is -2.38. The number of para-hydroxylation sites is 1. The number of carbonyl (C=O) groups excluding carboxylic acids is 2. The minimum Gasteiger partial charge on any atom is -0.367 e. The fourth-order valence-corrected chi connectivity index (χ4v) is 4.29. The number of amides is 2. The third kappa shape index (κ3) is 3.48. The van der Waals surface area contributed by atoms with Gasteiger partial charge in [-0.15, -0.1) is 0 Å². The topological polar surface area (TPSA) is 43.9 Å². The van der Waals surface area contributed by atoms with E-state index in [0.29, 0.717) is 42.6 Å². The minimum atomic E-state index is -0.526. The highest BCUT2D eigenvalue weighted by Crippen LogP contribution is 2.33. The van der Waals surface area contributed by atoms with E-state index in [1.54, 1.807) is 30.3 Å². The van der Waals surface area contributed by atoms with E-state index in [2.05, 4.69) is 0 Å². The van der Waals surface area contributed by atoms with Gasteiger partial charge in [-0.1, -0.05) is 35.3 Å². The van der Waals surface area contributed by atoms with Crippen LogP contribution in [0.4, 0.5) is 15.8 Å². The van der Waals surface area contributed by atoms with Crippen molar-refractivity contribution in [2.45, 2.75) is 12.5 Å². The van der Waals surface area contributed by atoms with Crippen molar-refractivity contribution in [3.63, 3.8) is 0 Å². The van der Waals surface area contributed by atoms with Crippen LogP contribution in [0.2, 0.25) is 10.0 Å². The third-order valence-corrected chi connectivity index (χ3v) is 5.76. The van der Waals surface area contributed by atoms with Gasteiger partial charge in [-0.3, -0.25) is 14.5 Å². The normalized spacial score (nSPS) is 20.9. The van der Waals surface area contributed by atoms with Crippen LogP contribution in [0.3, 0.4) is 0 Å². The molecule has 146 valence electrons. The number of halogens is 3. The molecule has 0 unspecified atom stereocenters. The van der Waals surface area contributed by atoms with Gasteiger partial charge in [0.25, 0.3) is 5.91 Å². The van der Waals surface area contributed by atoms with E-state index in [0.717, 1.165) is 4.90 Å². The summed E-state index contributed by atoms with van der Waals surface area (Å²) in [6.07, 6.45) is 0.109. The molecular formula is C20H18Cl2FN3O2. The lowest BCUT2D eigenvalue weighted by molar-refractivity contribution is -0.123. The van der Waals surface area contributed by atoms with Crippen LogP contribution < -0.4 is 9.80 Å². The Morgan fingerprint density at radius 2 is 1.64 bits per heavy atom. The van der Waals surface area contributed by atoms with Crippen LogP contribution in [0.5, 0.6) is 0 Å². The number of piperazine rings is 1. The van der Waals surface area contributed by atoms with Crippen molar-refractivity contribution in [3.8, 4) is 0 Å². The van der Waals surface area contributed by atoms with Gasteiger partial charge in [0.1, 0.15) is 5.82 Å². The molecule has 0 bridgehead atoms. The third-order valence-electron chi connectivity index (χ3n) is 5.22. The van der Waals surface area contributed by atoms with E-state index < -0.39 is 6.04 Å². The van der Waals surface area contributed by atoms with E-state index in [-0.39, 0.29) is 29.1 Å². The number of imide groups is 1. The molecule has 0 aromatic heterocycles. The van der Waals surface area contributed by atoms with Gasteiger partial charge in [-0.05, 0) is 30.3 Å². The molecule has 1 atom stereocenters. The van der Waals surface area contributed by atoms with Crippen LogP contribution >= 0.6 is 23.2 Å². The number of carbonyl (C=O) groups is 2. The number of hydrogen-bond donors (Lipinski definition) is 0. The maximum atomic E-state index is 14.0. The molecule has 2 fully saturated rings. The summed E-state index contributed by atoms with van der Waals surface area (Å²) in [4.78, 5) is 30.6. The highest BCUT2D eigenvalue weighted by Gasteiger charge is 2.44. The summed E-state index contributed by atoms with van der Waals surface area (Å²) in [7, 11) is 0. The molecule has 2 saturated heterocycles. The predicted molar refractivity (Wildman–Crippen MR) is 108 cm³/mol. The number of rotatable bonds is 3. The van der Waals surface area contributed by atoms with Crippen LogP contribution in [0.1, 0.15) is 6.42 Å². The Balaban J connectivity index is 1.47. The minimum absolute atomic E-state index is 0.109. The Kier molecular flexibility index (Phi) is 5.27. The second-order valence-corrected chi connectivity index (χ2v) is 7.70. The van der Waals surface area contributed by atoms with Crippen molar-refractivity contribution in [1.29, 1.82) is 0 Å². The molecule has 0 radical (unpaired) electrons. The fourth-order valence-electron chi connectivity index (χ4n) is 3.80. The average Bonchev–Trinajstić information content (AvgIpc) is 2.97. The van der Waals surface area contributed by atoms with Crippen LogP contribution in [-0.4, -0.2) is 48.9 Å². The maximum absolute atomic E-state index is 14.0. The van der Waals surface area contributed by atoms with Crippen molar-refractivity contribution in [2.75, 3.05) is 36.0 Å². The maximum Gasteiger partial charge on any atom is 0.251 e.